The summed E-state index contributed by atoms with van der Waals surface area (Å²) >= 11 is 6.25. The van der Waals surface area contributed by atoms with Crippen molar-refractivity contribution in [1.29, 1.82) is 0 Å². The zero-order chi connectivity index (χ0) is 21.1. The maximum Gasteiger partial charge on any atom is 0.244 e. The molecule has 3 aromatic carbocycles. The highest BCUT2D eigenvalue weighted by atomic mass is 35.5. The third kappa shape index (κ3) is 3.89. The third-order valence-corrected chi connectivity index (χ3v) is 5.34. The molecule has 0 aliphatic rings. The maximum absolute atomic E-state index is 12.9. The van der Waals surface area contributed by atoms with E-state index in [9.17, 15) is 4.79 Å². The summed E-state index contributed by atoms with van der Waals surface area (Å²) in [5.41, 5.74) is 3.56. The first-order valence-electron chi connectivity index (χ1n) is 9.71. The first-order valence-corrected chi connectivity index (χ1v) is 10.1. The average Bonchev–Trinajstić information content (AvgIpc) is 3.16. The highest BCUT2D eigenvalue weighted by molar-refractivity contribution is 6.31. The number of amides is 1. The van der Waals surface area contributed by atoms with Gasteiger partial charge in [-0.05, 0) is 31.2 Å². The van der Waals surface area contributed by atoms with Crippen molar-refractivity contribution in [3.8, 4) is 17.0 Å². The van der Waals surface area contributed by atoms with Gasteiger partial charge in [-0.3, -0.25) is 9.48 Å². The molecule has 4 rings (SSSR count). The number of nitrogens with one attached hydrogen (secondary N) is 1. The molecule has 0 spiro atoms. The Morgan fingerprint density at radius 3 is 2.60 bits per heavy atom. The van der Waals surface area contributed by atoms with Crippen molar-refractivity contribution in [2.45, 2.75) is 19.5 Å². The Balaban J connectivity index is 1.64. The van der Waals surface area contributed by atoms with E-state index in [-0.39, 0.29) is 5.91 Å². The Morgan fingerprint density at radius 2 is 1.83 bits per heavy atom. The quantitative estimate of drug-likeness (QED) is 0.464. The van der Waals surface area contributed by atoms with E-state index in [1.54, 1.807) is 11.8 Å². The molecular weight excluding hydrogens is 398 g/mol. The number of rotatable bonds is 6. The molecule has 0 radical (unpaired) electrons. The minimum absolute atomic E-state index is 0.125. The second-order valence-electron chi connectivity index (χ2n) is 7.03. The maximum atomic E-state index is 12.9. The lowest BCUT2D eigenvalue weighted by Crippen LogP contribution is -2.31. The molecule has 1 N–H and O–H groups in total. The lowest BCUT2D eigenvalue weighted by Gasteiger charge is -2.15. The van der Waals surface area contributed by atoms with Gasteiger partial charge in [0.05, 0.1) is 12.6 Å². The van der Waals surface area contributed by atoms with E-state index in [0.717, 1.165) is 33.5 Å². The highest BCUT2D eigenvalue weighted by Crippen LogP contribution is 2.31. The fourth-order valence-corrected chi connectivity index (χ4v) is 3.68. The van der Waals surface area contributed by atoms with Crippen LogP contribution in [0.25, 0.3) is 22.2 Å². The average molecular weight is 420 g/mol. The third-order valence-electron chi connectivity index (χ3n) is 5.11. The van der Waals surface area contributed by atoms with Crippen LogP contribution in [0.3, 0.4) is 0 Å². The van der Waals surface area contributed by atoms with Crippen LogP contribution in [-0.4, -0.2) is 22.8 Å². The first kappa shape index (κ1) is 20.0. The number of carbonyl (C=O) groups is 1. The van der Waals surface area contributed by atoms with E-state index >= 15 is 0 Å². The number of hydrogen-bond donors (Lipinski definition) is 1. The predicted octanol–water partition coefficient (Wildman–Crippen LogP) is 5.24. The van der Waals surface area contributed by atoms with Crippen LogP contribution in [0.4, 0.5) is 0 Å². The summed E-state index contributed by atoms with van der Waals surface area (Å²) in [6.45, 7) is 2.22. The van der Waals surface area contributed by atoms with Crippen molar-refractivity contribution in [3.63, 3.8) is 0 Å². The van der Waals surface area contributed by atoms with Crippen LogP contribution >= 0.6 is 11.6 Å². The second-order valence-corrected chi connectivity index (χ2v) is 7.46. The smallest absolute Gasteiger partial charge is 0.244 e. The number of hydrogen-bond acceptors (Lipinski definition) is 3. The van der Waals surface area contributed by atoms with Crippen molar-refractivity contribution in [1.82, 2.24) is 15.1 Å². The van der Waals surface area contributed by atoms with Gasteiger partial charge in [0.1, 0.15) is 17.5 Å². The van der Waals surface area contributed by atoms with Gasteiger partial charge in [0.15, 0.2) is 0 Å². The lowest BCUT2D eigenvalue weighted by molar-refractivity contribution is -0.124. The number of carbonyl (C=O) groups excluding carboxylic acids is 1. The monoisotopic (exact) mass is 419 g/mol. The molecule has 1 amide bonds. The van der Waals surface area contributed by atoms with Crippen LogP contribution in [0.5, 0.6) is 5.75 Å². The standard InChI is InChI=1S/C24H22ClN3O2/c1-16(24(29)26-15-18-10-6-7-11-22(18)30-2)28-21-13-12-19(25)14-20(21)23(27-28)17-8-4-3-5-9-17/h3-14,16H,15H2,1-2H3,(H,26,29)/t16-/m1/s1. The summed E-state index contributed by atoms with van der Waals surface area (Å²) in [5, 5.41) is 9.32. The Morgan fingerprint density at radius 1 is 1.10 bits per heavy atom. The Bertz CT molecular complexity index is 1190. The molecule has 0 unspecified atom stereocenters. The highest BCUT2D eigenvalue weighted by Gasteiger charge is 2.21. The summed E-state index contributed by atoms with van der Waals surface area (Å²) in [6.07, 6.45) is 0. The van der Waals surface area contributed by atoms with Crippen LogP contribution in [0, 0.1) is 0 Å². The molecular formula is C24H22ClN3O2. The summed E-state index contributed by atoms with van der Waals surface area (Å²) in [5.74, 6) is 0.621. The number of para-hydroxylation sites is 1. The number of ether oxygens (including phenoxy) is 1. The molecule has 30 heavy (non-hydrogen) atoms. The minimum Gasteiger partial charge on any atom is -0.496 e. The van der Waals surface area contributed by atoms with Crippen LogP contribution in [0.1, 0.15) is 18.5 Å². The van der Waals surface area contributed by atoms with Crippen molar-refractivity contribution in [2.75, 3.05) is 7.11 Å². The summed E-state index contributed by atoms with van der Waals surface area (Å²) in [7, 11) is 1.62. The van der Waals surface area contributed by atoms with E-state index in [0.29, 0.717) is 11.6 Å². The molecule has 0 saturated heterocycles. The Labute approximate surface area is 180 Å². The van der Waals surface area contributed by atoms with Crippen molar-refractivity contribution in [2.24, 2.45) is 0 Å². The number of methoxy groups -OCH3 is 1. The summed E-state index contributed by atoms with van der Waals surface area (Å²) in [4.78, 5) is 12.9. The van der Waals surface area contributed by atoms with Gasteiger partial charge >= 0.3 is 0 Å². The number of halogens is 1. The van der Waals surface area contributed by atoms with Gasteiger partial charge in [0.2, 0.25) is 5.91 Å². The van der Waals surface area contributed by atoms with E-state index < -0.39 is 6.04 Å². The molecule has 4 aromatic rings. The molecule has 0 saturated carbocycles. The second kappa shape index (κ2) is 8.59. The summed E-state index contributed by atoms with van der Waals surface area (Å²) in [6, 6.07) is 22.6. The van der Waals surface area contributed by atoms with E-state index in [1.165, 1.54) is 0 Å². The van der Waals surface area contributed by atoms with E-state index in [1.807, 2.05) is 79.7 Å². The molecule has 0 aliphatic heterocycles. The molecule has 152 valence electrons. The molecule has 0 fully saturated rings. The van der Waals surface area contributed by atoms with Crippen LogP contribution in [0.2, 0.25) is 5.02 Å². The van der Waals surface area contributed by atoms with Crippen molar-refractivity contribution < 1.29 is 9.53 Å². The van der Waals surface area contributed by atoms with Gasteiger partial charge in [-0.2, -0.15) is 5.10 Å². The topological polar surface area (TPSA) is 56.1 Å². The Kier molecular flexibility index (Phi) is 5.72. The van der Waals surface area contributed by atoms with Gasteiger partial charge in [0.25, 0.3) is 0 Å². The number of aromatic nitrogens is 2. The Hall–Kier alpha value is -3.31. The summed E-state index contributed by atoms with van der Waals surface area (Å²) < 4.78 is 7.12. The van der Waals surface area contributed by atoms with Gasteiger partial charge in [-0.15, -0.1) is 0 Å². The largest absolute Gasteiger partial charge is 0.496 e. The zero-order valence-electron chi connectivity index (χ0n) is 16.8. The number of fused-ring (bicyclic) bond motifs is 1. The molecule has 0 aliphatic carbocycles. The minimum atomic E-state index is -0.499. The van der Waals surface area contributed by atoms with E-state index in [4.69, 9.17) is 21.4 Å². The van der Waals surface area contributed by atoms with Gasteiger partial charge in [-0.1, -0.05) is 60.1 Å². The van der Waals surface area contributed by atoms with Crippen LogP contribution in [-0.2, 0) is 11.3 Å². The number of nitrogens with zero attached hydrogens (tertiary/aromatic N) is 2. The van der Waals surface area contributed by atoms with Crippen molar-refractivity contribution in [3.05, 3.63) is 83.4 Å². The normalized spacial score (nSPS) is 12.0. The first-order chi connectivity index (χ1) is 14.6. The van der Waals surface area contributed by atoms with E-state index in [2.05, 4.69) is 5.32 Å². The zero-order valence-corrected chi connectivity index (χ0v) is 17.6. The van der Waals surface area contributed by atoms with Crippen LogP contribution in [0.15, 0.2) is 72.8 Å². The fourth-order valence-electron chi connectivity index (χ4n) is 3.51. The van der Waals surface area contributed by atoms with Gasteiger partial charge < -0.3 is 10.1 Å². The molecule has 5 nitrogen and oxygen atoms in total. The van der Waals surface area contributed by atoms with Gasteiger partial charge in [-0.25, -0.2) is 0 Å². The van der Waals surface area contributed by atoms with Crippen molar-refractivity contribution >= 4 is 28.4 Å². The molecule has 1 atom stereocenters. The predicted molar refractivity (Wildman–Crippen MR) is 120 cm³/mol. The number of benzene rings is 3. The molecule has 6 heteroatoms. The van der Waals surface area contributed by atoms with Gasteiger partial charge in [0, 0.05) is 28.1 Å². The molecule has 1 heterocycles. The lowest BCUT2D eigenvalue weighted by atomic mass is 10.1. The SMILES string of the molecule is COc1ccccc1CNC(=O)[C@@H](C)n1nc(-c2ccccc2)c2cc(Cl)ccc21. The molecule has 0 bridgehead atoms. The van der Waals surface area contributed by atoms with Crippen LogP contribution < -0.4 is 10.1 Å². The molecule has 1 aromatic heterocycles. The fraction of sp³-hybridized carbons (Fsp3) is 0.167.